The van der Waals surface area contributed by atoms with Crippen LogP contribution in [0.15, 0.2) is 18.2 Å². The molecule has 14 heavy (non-hydrogen) atoms. The first-order valence-corrected chi connectivity index (χ1v) is 3.63. The van der Waals surface area contributed by atoms with Crippen molar-refractivity contribution in [2.75, 3.05) is 0 Å². The molecule has 0 heterocycles. The number of benzene rings is 1. The van der Waals surface area contributed by atoms with Gasteiger partial charge in [0.05, 0.1) is 5.56 Å². The zero-order chi connectivity index (χ0) is 10.7. The van der Waals surface area contributed by atoms with Gasteiger partial charge in [-0.2, -0.15) is 0 Å². The van der Waals surface area contributed by atoms with Gasteiger partial charge < -0.3 is 5.11 Å². The summed E-state index contributed by atoms with van der Waals surface area (Å²) >= 11 is 0. The van der Waals surface area contributed by atoms with Crippen molar-refractivity contribution in [3.8, 4) is 0 Å². The van der Waals surface area contributed by atoms with Crippen LogP contribution in [0.3, 0.4) is 0 Å². The minimum Gasteiger partial charge on any atom is -0.478 e. The number of hydrogen-bond donors (Lipinski definition) is 1. The molecule has 0 atom stereocenters. The molecule has 0 aromatic heterocycles. The fourth-order valence-electron chi connectivity index (χ4n) is 1.01. The molecule has 74 valence electrons. The lowest BCUT2D eigenvalue weighted by molar-refractivity contribution is -0.496. The molecule has 0 radical (unpaired) electrons. The number of aromatic carboxylic acids is 1. The highest BCUT2D eigenvalue weighted by atomic mass is 19.1. The number of nitrogens with zero attached hydrogens (tertiary/aromatic N) is 1. The van der Waals surface area contributed by atoms with Crippen molar-refractivity contribution in [1.29, 1.82) is 0 Å². The largest absolute Gasteiger partial charge is 0.478 e. The Hall–Kier alpha value is -1.98. The zero-order valence-electron chi connectivity index (χ0n) is 6.94. The average Bonchev–Trinajstić information content (AvgIpc) is 2.01. The fraction of sp³-hybridized carbons (Fsp3) is 0.125. The van der Waals surface area contributed by atoms with Gasteiger partial charge >= 0.3 is 5.97 Å². The summed E-state index contributed by atoms with van der Waals surface area (Å²) in [7, 11) is 0. The van der Waals surface area contributed by atoms with Crippen LogP contribution in [0.1, 0.15) is 15.9 Å². The van der Waals surface area contributed by atoms with Gasteiger partial charge in [0.15, 0.2) is 0 Å². The van der Waals surface area contributed by atoms with Crippen LogP contribution in [0.2, 0.25) is 0 Å². The molecule has 1 aromatic rings. The van der Waals surface area contributed by atoms with Crippen molar-refractivity contribution in [3.63, 3.8) is 0 Å². The second-order valence-electron chi connectivity index (χ2n) is 2.64. The fourth-order valence-corrected chi connectivity index (χ4v) is 1.01. The number of nitro groups is 1. The molecular formula is C8H6FNO4. The summed E-state index contributed by atoms with van der Waals surface area (Å²) in [5.74, 6) is -2.10. The van der Waals surface area contributed by atoms with E-state index in [-0.39, 0.29) is 11.1 Å². The van der Waals surface area contributed by atoms with Crippen LogP contribution in [-0.2, 0) is 6.54 Å². The van der Waals surface area contributed by atoms with E-state index in [1.165, 1.54) is 0 Å². The van der Waals surface area contributed by atoms with Gasteiger partial charge in [-0.05, 0) is 18.2 Å². The van der Waals surface area contributed by atoms with Crippen molar-refractivity contribution in [1.82, 2.24) is 0 Å². The molecule has 6 heteroatoms. The summed E-state index contributed by atoms with van der Waals surface area (Å²) in [6.07, 6.45) is 0. The van der Waals surface area contributed by atoms with E-state index in [1.807, 2.05) is 0 Å². The van der Waals surface area contributed by atoms with E-state index in [0.29, 0.717) is 0 Å². The molecule has 1 aromatic carbocycles. The first-order chi connectivity index (χ1) is 6.49. The van der Waals surface area contributed by atoms with Gasteiger partial charge in [0.25, 0.3) is 0 Å². The molecule has 0 aliphatic heterocycles. The van der Waals surface area contributed by atoms with Crippen LogP contribution in [-0.4, -0.2) is 16.0 Å². The van der Waals surface area contributed by atoms with Crippen molar-refractivity contribution < 1.29 is 19.2 Å². The van der Waals surface area contributed by atoms with Gasteiger partial charge in [0.1, 0.15) is 5.82 Å². The first kappa shape index (κ1) is 10.1. The predicted molar refractivity (Wildman–Crippen MR) is 44.1 cm³/mol. The SMILES string of the molecule is O=C(O)c1cc(F)cc(C[N+](=O)[O-])c1. The summed E-state index contributed by atoms with van der Waals surface area (Å²) < 4.78 is 12.8. The smallest absolute Gasteiger partial charge is 0.335 e. The number of halogens is 1. The molecule has 5 nitrogen and oxygen atoms in total. The van der Waals surface area contributed by atoms with Crippen LogP contribution in [0.25, 0.3) is 0 Å². The number of rotatable bonds is 3. The van der Waals surface area contributed by atoms with E-state index in [0.717, 1.165) is 18.2 Å². The molecule has 0 bridgehead atoms. The number of hydrogen-bond acceptors (Lipinski definition) is 3. The zero-order valence-corrected chi connectivity index (χ0v) is 6.94. The molecule has 0 amide bonds. The Labute approximate surface area is 77.9 Å². The quantitative estimate of drug-likeness (QED) is 0.587. The Morgan fingerprint density at radius 1 is 1.50 bits per heavy atom. The second-order valence-corrected chi connectivity index (χ2v) is 2.64. The number of carboxylic acids is 1. The Morgan fingerprint density at radius 3 is 2.64 bits per heavy atom. The molecule has 1 N–H and O–H groups in total. The topological polar surface area (TPSA) is 80.4 Å². The summed E-state index contributed by atoms with van der Waals surface area (Å²) in [4.78, 5) is 19.9. The standard InChI is InChI=1S/C8H6FNO4/c9-7-2-5(4-10(13)14)1-6(3-7)8(11)12/h1-3H,4H2,(H,11,12). The van der Waals surface area contributed by atoms with Crippen LogP contribution in [0.5, 0.6) is 0 Å². The van der Waals surface area contributed by atoms with Crippen LogP contribution < -0.4 is 0 Å². The molecule has 1 rings (SSSR count). The highest BCUT2D eigenvalue weighted by molar-refractivity contribution is 5.87. The van der Waals surface area contributed by atoms with E-state index < -0.39 is 23.3 Å². The lowest BCUT2D eigenvalue weighted by atomic mass is 10.1. The molecule has 0 aliphatic carbocycles. The molecular weight excluding hydrogens is 193 g/mol. The van der Waals surface area contributed by atoms with Gasteiger partial charge in [0.2, 0.25) is 6.54 Å². The lowest BCUT2D eigenvalue weighted by Gasteiger charge is -1.98. The third-order valence-corrected chi connectivity index (χ3v) is 1.52. The maximum atomic E-state index is 12.8. The molecule has 0 aliphatic rings. The summed E-state index contributed by atoms with van der Waals surface area (Å²) in [5.41, 5.74) is -0.255. The first-order valence-electron chi connectivity index (χ1n) is 3.63. The van der Waals surface area contributed by atoms with E-state index in [4.69, 9.17) is 5.11 Å². The third-order valence-electron chi connectivity index (χ3n) is 1.52. The summed E-state index contributed by atoms with van der Waals surface area (Å²) in [5, 5.41) is 18.6. The van der Waals surface area contributed by atoms with Crippen molar-refractivity contribution in [2.24, 2.45) is 0 Å². The van der Waals surface area contributed by atoms with E-state index in [2.05, 4.69) is 0 Å². The Morgan fingerprint density at radius 2 is 2.14 bits per heavy atom. The summed E-state index contributed by atoms with van der Waals surface area (Å²) in [6.45, 7) is -0.585. The average molecular weight is 199 g/mol. The number of carboxylic acid groups (broad SMARTS) is 1. The Bertz CT molecular complexity index is 391. The van der Waals surface area contributed by atoms with Gasteiger partial charge in [-0.3, -0.25) is 10.1 Å². The van der Waals surface area contributed by atoms with E-state index in [1.54, 1.807) is 0 Å². The van der Waals surface area contributed by atoms with Crippen molar-refractivity contribution in [3.05, 3.63) is 45.3 Å². The van der Waals surface area contributed by atoms with Crippen LogP contribution in [0.4, 0.5) is 4.39 Å². The third kappa shape index (κ3) is 2.51. The molecule has 0 fully saturated rings. The molecule has 0 spiro atoms. The minimum absolute atomic E-state index is 0.0346. The summed E-state index contributed by atoms with van der Waals surface area (Å²) in [6, 6.07) is 2.83. The maximum absolute atomic E-state index is 12.8. The van der Waals surface area contributed by atoms with E-state index in [9.17, 15) is 19.3 Å². The van der Waals surface area contributed by atoms with Crippen molar-refractivity contribution >= 4 is 5.97 Å². The van der Waals surface area contributed by atoms with Gasteiger partial charge in [-0.15, -0.1) is 0 Å². The van der Waals surface area contributed by atoms with Gasteiger partial charge in [-0.1, -0.05) is 0 Å². The Kier molecular flexibility index (Phi) is 2.76. The monoisotopic (exact) mass is 199 g/mol. The molecule has 0 saturated carbocycles. The predicted octanol–water partition coefficient (Wildman–Crippen LogP) is 1.30. The van der Waals surface area contributed by atoms with Crippen LogP contribution >= 0.6 is 0 Å². The van der Waals surface area contributed by atoms with Crippen molar-refractivity contribution in [2.45, 2.75) is 6.54 Å². The van der Waals surface area contributed by atoms with Gasteiger partial charge in [0, 0.05) is 10.5 Å². The van der Waals surface area contributed by atoms with E-state index >= 15 is 0 Å². The maximum Gasteiger partial charge on any atom is 0.335 e. The minimum atomic E-state index is -1.31. The normalized spacial score (nSPS) is 9.79. The molecule has 0 saturated heterocycles. The molecule has 0 unspecified atom stereocenters. The Balaban J connectivity index is 3.07. The van der Waals surface area contributed by atoms with Gasteiger partial charge in [-0.25, -0.2) is 9.18 Å². The number of carbonyl (C=O) groups is 1. The second kappa shape index (κ2) is 3.82. The van der Waals surface area contributed by atoms with Crippen LogP contribution in [0, 0.1) is 15.9 Å². The highest BCUT2D eigenvalue weighted by Gasteiger charge is 2.09. The highest BCUT2D eigenvalue weighted by Crippen LogP contribution is 2.10. The lowest BCUT2D eigenvalue weighted by Crippen LogP contribution is -2.03.